The van der Waals surface area contributed by atoms with E-state index in [9.17, 15) is 4.79 Å². The van der Waals surface area contributed by atoms with Gasteiger partial charge in [0, 0.05) is 50.7 Å². The van der Waals surface area contributed by atoms with E-state index in [1.165, 1.54) is 48.8 Å². The van der Waals surface area contributed by atoms with Crippen LogP contribution in [0.2, 0.25) is 0 Å². The van der Waals surface area contributed by atoms with E-state index in [-0.39, 0.29) is 5.97 Å². The molecule has 2 aromatic rings. The lowest BCUT2D eigenvalue weighted by molar-refractivity contribution is -0.144. The SMILES string of the molecule is CCCCCCCCCC(=O)OCCN1CCN(C2Cc3ccccc3Oc3ccc(C)cc32)CC1. The molecule has 0 aromatic heterocycles. The Kier molecular flexibility index (Phi) is 10.2. The number of carbonyl (C=O) groups excluding carboxylic acids is 1. The van der Waals surface area contributed by atoms with E-state index < -0.39 is 0 Å². The van der Waals surface area contributed by atoms with Gasteiger partial charge in [-0.3, -0.25) is 14.6 Å². The van der Waals surface area contributed by atoms with Gasteiger partial charge in [0.2, 0.25) is 0 Å². The molecule has 1 atom stereocenters. The highest BCUT2D eigenvalue weighted by Gasteiger charge is 2.30. The van der Waals surface area contributed by atoms with Crippen molar-refractivity contribution >= 4 is 5.97 Å². The first-order valence-corrected chi connectivity index (χ1v) is 14.1. The minimum absolute atomic E-state index is 0.0358. The molecule has 36 heavy (non-hydrogen) atoms. The van der Waals surface area contributed by atoms with Crippen LogP contribution in [-0.4, -0.2) is 55.1 Å². The van der Waals surface area contributed by atoms with Gasteiger partial charge in [0.1, 0.15) is 18.1 Å². The highest BCUT2D eigenvalue weighted by Crippen LogP contribution is 2.41. The summed E-state index contributed by atoms with van der Waals surface area (Å²) >= 11 is 0. The lowest BCUT2D eigenvalue weighted by atomic mass is 9.95. The number of unbranched alkanes of at least 4 members (excludes halogenated alkanes) is 6. The number of rotatable bonds is 12. The zero-order valence-corrected chi connectivity index (χ0v) is 22.3. The second kappa shape index (κ2) is 13.8. The van der Waals surface area contributed by atoms with Crippen LogP contribution < -0.4 is 4.74 Å². The van der Waals surface area contributed by atoms with Crippen LogP contribution >= 0.6 is 0 Å². The highest BCUT2D eigenvalue weighted by molar-refractivity contribution is 5.69. The summed E-state index contributed by atoms with van der Waals surface area (Å²) in [6, 6.07) is 15.3. The Morgan fingerprint density at radius 2 is 1.69 bits per heavy atom. The van der Waals surface area contributed by atoms with Crippen LogP contribution in [0.5, 0.6) is 11.5 Å². The monoisotopic (exact) mass is 492 g/mol. The third-order valence-corrected chi connectivity index (χ3v) is 7.63. The van der Waals surface area contributed by atoms with Gasteiger partial charge in [0.25, 0.3) is 0 Å². The maximum atomic E-state index is 12.1. The maximum Gasteiger partial charge on any atom is 0.305 e. The summed E-state index contributed by atoms with van der Waals surface area (Å²) in [7, 11) is 0. The average molecular weight is 493 g/mol. The van der Waals surface area contributed by atoms with Gasteiger partial charge in [-0.15, -0.1) is 0 Å². The zero-order valence-electron chi connectivity index (χ0n) is 22.3. The average Bonchev–Trinajstić information content (AvgIpc) is 3.05. The van der Waals surface area contributed by atoms with Crippen LogP contribution in [0.1, 0.15) is 81.0 Å². The van der Waals surface area contributed by atoms with Crippen molar-refractivity contribution < 1.29 is 14.3 Å². The number of fused-ring (bicyclic) bond motifs is 2. The highest BCUT2D eigenvalue weighted by atomic mass is 16.5. The number of carbonyl (C=O) groups is 1. The van der Waals surface area contributed by atoms with Crippen molar-refractivity contribution in [2.45, 2.75) is 77.7 Å². The smallest absolute Gasteiger partial charge is 0.305 e. The summed E-state index contributed by atoms with van der Waals surface area (Å²) in [5.41, 5.74) is 3.83. The normalized spacial score (nSPS) is 18.1. The second-order valence-corrected chi connectivity index (χ2v) is 10.4. The number of hydrogen-bond donors (Lipinski definition) is 0. The number of ether oxygens (including phenoxy) is 2. The van der Waals surface area contributed by atoms with Gasteiger partial charge in [-0.1, -0.05) is 81.3 Å². The fraction of sp³-hybridized carbons (Fsp3) is 0.581. The molecule has 4 rings (SSSR count). The zero-order chi connectivity index (χ0) is 25.2. The number of para-hydroxylation sites is 1. The summed E-state index contributed by atoms with van der Waals surface area (Å²) in [6.45, 7) is 9.72. The Hall–Kier alpha value is -2.37. The van der Waals surface area contributed by atoms with Crippen LogP contribution in [0, 0.1) is 6.92 Å². The van der Waals surface area contributed by atoms with Gasteiger partial charge in [0.15, 0.2) is 0 Å². The van der Waals surface area contributed by atoms with Crippen molar-refractivity contribution in [3.63, 3.8) is 0 Å². The Bertz CT molecular complexity index is 968. The number of piperazine rings is 1. The molecule has 0 aliphatic carbocycles. The lowest BCUT2D eigenvalue weighted by Gasteiger charge is -2.39. The molecule has 5 nitrogen and oxygen atoms in total. The van der Waals surface area contributed by atoms with Crippen molar-refractivity contribution in [3.05, 3.63) is 59.2 Å². The summed E-state index contributed by atoms with van der Waals surface area (Å²) in [4.78, 5) is 17.1. The number of benzene rings is 2. The van der Waals surface area contributed by atoms with Crippen LogP contribution in [-0.2, 0) is 16.0 Å². The molecule has 0 spiro atoms. The second-order valence-electron chi connectivity index (χ2n) is 10.4. The Balaban J connectivity index is 1.21. The van der Waals surface area contributed by atoms with E-state index in [2.05, 4.69) is 60.0 Å². The quantitative estimate of drug-likeness (QED) is 0.244. The van der Waals surface area contributed by atoms with Crippen LogP contribution in [0.4, 0.5) is 0 Å². The molecule has 0 amide bonds. The Morgan fingerprint density at radius 1 is 0.944 bits per heavy atom. The van der Waals surface area contributed by atoms with Gasteiger partial charge in [-0.25, -0.2) is 0 Å². The maximum absolute atomic E-state index is 12.1. The van der Waals surface area contributed by atoms with Crippen molar-refractivity contribution in [2.75, 3.05) is 39.3 Å². The molecule has 0 bridgehead atoms. The molecule has 0 N–H and O–H groups in total. The van der Waals surface area contributed by atoms with Crippen molar-refractivity contribution in [2.24, 2.45) is 0 Å². The van der Waals surface area contributed by atoms with Crippen molar-refractivity contribution in [3.8, 4) is 11.5 Å². The molecular weight excluding hydrogens is 448 g/mol. The van der Waals surface area contributed by atoms with E-state index in [1.807, 2.05) is 6.07 Å². The summed E-state index contributed by atoms with van der Waals surface area (Å²) in [6.07, 6.45) is 10.1. The first-order chi connectivity index (χ1) is 17.6. The minimum Gasteiger partial charge on any atom is -0.464 e. The number of esters is 1. The molecule has 0 radical (unpaired) electrons. The predicted octanol–water partition coefficient (Wildman–Crippen LogP) is 6.69. The first kappa shape index (κ1) is 26.7. The fourth-order valence-electron chi connectivity index (χ4n) is 5.44. The third-order valence-electron chi connectivity index (χ3n) is 7.63. The van der Waals surface area contributed by atoms with Gasteiger partial charge in [0.05, 0.1) is 0 Å². The summed E-state index contributed by atoms with van der Waals surface area (Å²) < 4.78 is 11.9. The molecule has 0 saturated carbocycles. The fourth-order valence-corrected chi connectivity index (χ4v) is 5.44. The minimum atomic E-state index is -0.0358. The van der Waals surface area contributed by atoms with Gasteiger partial charge < -0.3 is 9.47 Å². The largest absolute Gasteiger partial charge is 0.464 e. The van der Waals surface area contributed by atoms with E-state index >= 15 is 0 Å². The predicted molar refractivity (Wildman–Crippen MR) is 146 cm³/mol. The lowest BCUT2D eigenvalue weighted by Crippen LogP contribution is -2.48. The Morgan fingerprint density at radius 3 is 2.50 bits per heavy atom. The van der Waals surface area contributed by atoms with E-state index in [0.717, 1.165) is 63.5 Å². The number of nitrogens with zero attached hydrogens (tertiary/aromatic N) is 2. The molecule has 5 heteroatoms. The number of hydrogen-bond acceptors (Lipinski definition) is 5. The van der Waals surface area contributed by atoms with Crippen molar-refractivity contribution in [1.82, 2.24) is 9.80 Å². The van der Waals surface area contributed by atoms with E-state index in [0.29, 0.717) is 19.1 Å². The molecule has 2 aromatic carbocycles. The third kappa shape index (κ3) is 7.57. The molecule has 2 heterocycles. The van der Waals surface area contributed by atoms with Crippen LogP contribution in [0.3, 0.4) is 0 Å². The Labute approximate surface area is 217 Å². The molecular formula is C31H44N2O3. The summed E-state index contributed by atoms with van der Waals surface area (Å²) in [5.74, 6) is 1.92. The molecule has 1 saturated heterocycles. The molecule has 2 aliphatic heterocycles. The van der Waals surface area contributed by atoms with Crippen LogP contribution in [0.25, 0.3) is 0 Å². The topological polar surface area (TPSA) is 42.0 Å². The van der Waals surface area contributed by atoms with E-state index in [1.54, 1.807) is 0 Å². The molecule has 2 aliphatic rings. The number of aryl methyl sites for hydroxylation is 1. The summed E-state index contributed by atoms with van der Waals surface area (Å²) in [5, 5.41) is 0. The molecule has 196 valence electrons. The standard InChI is InChI=1S/C31H44N2O3/c1-3-4-5-6-7-8-9-14-31(34)35-22-21-32-17-19-33(20-18-32)28-24-26-12-10-11-13-29(26)36-30-16-15-25(2)23-27(28)30/h10-13,15-16,23,28H,3-9,14,17-22,24H2,1-2H3. The van der Waals surface area contributed by atoms with Gasteiger partial charge >= 0.3 is 5.97 Å². The first-order valence-electron chi connectivity index (χ1n) is 14.1. The van der Waals surface area contributed by atoms with Crippen LogP contribution in [0.15, 0.2) is 42.5 Å². The van der Waals surface area contributed by atoms with Gasteiger partial charge in [-0.2, -0.15) is 0 Å². The molecule has 1 unspecified atom stereocenters. The van der Waals surface area contributed by atoms with E-state index in [4.69, 9.17) is 9.47 Å². The van der Waals surface area contributed by atoms with Gasteiger partial charge in [-0.05, 0) is 37.5 Å². The van der Waals surface area contributed by atoms with Crippen molar-refractivity contribution in [1.29, 1.82) is 0 Å². The molecule has 1 fully saturated rings.